The Morgan fingerprint density at radius 3 is 1.64 bits per heavy atom. The molecular weight excluding hydrogens is 1230 g/mol. The van der Waals surface area contributed by atoms with E-state index in [-0.39, 0.29) is 128 Å². The van der Waals surface area contributed by atoms with E-state index in [2.05, 4.69) is 20.9 Å². The molecule has 1 aromatic heterocycles. The molecule has 2 saturated heterocycles. The van der Waals surface area contributed by atoms with E-state index >= 15 is 0 Å². The molecule has 81 heavy (non-hydrogen) atoms. The van der Waals surface area contributed by atoms with Gasteiger partial charge in [-0.1, -0.05) is 49.9 Å². The van der Waals surface area contributed by atoms with Gasteiger partial charge in [0.25, 0.3) is 0 Å². The van der Waals surface area contributed by atoms with Gasteiger partial charge in [0.05, 0.1) is 39.4 Å². The number of hydrogen-bond acceptors (Lipinski definition) is 18. The fraction of sp³-hybridized carbons (Fsp3) is 0.654. The van der Waals surface area contributed by atoms with Crippen molar-refractivity contribution < 1.29 is 121 Å². The third-order valence-electron chi connectivity index (χ3n) is 13.6. The number of morpholine rings is 1. The van der Waals surface area contributed by atoms with Crippen molar-refractivity contribution in [2.45, 2.75) is 114 Å². The van der Waals surface area contributed by atoms with Crippen LogP contribution in [0.25, 0.3) is 0 Å². The molecule has 1 unspecified atom stereocenters. The maximum atomic E-state index is 12.5. The first kappa shape index (κ1) is 69.4. The quantitative estimate of drug-likeness (QED) is 0.0424. The second-order valence-electron chi connectivity index (χ2n) is 20.1. The molecule has 1 aromatic carbocycles. The second kappa shape index (κ2) is 38.0. The van der Waals surface area contributed by atoms with E-state index in [0.29, 0.717) is 95.4 Å². The number of urea groups is 1. The second-order valence-corrected chi connectivity index (χ2v) is 20.1. The molecule has 0 aliphatic carbocycles. The number of carbonyl (C=O) groups is 9. The molecule has 1 radical (unpaired) electrons. The maximum Gasteiger partial charge on any atom is 0.326 e. The molecule has 29 heteroatoms. The van der Waals surface area contributed by atoms with E-state index < -0.39 is 72.4 Å². The zero-order valence-corrected chi connectivity index (χ0v) is 47.2. The van der Waals surface area contributed by atoms with Crippen molar-refractivity contribution in [1.29, 1.82) is 0 Å². The zero-order chi connectivity index (χ0) is 58.4. The van der Waals surface area contributed by atoms with Crippen molar-refractivity contribution in [3.63, 3.8) is 0 Å². The smallest absolute Gasteiger partial charge is 0.326 e. The number of nitrogens with zero attached hydrogens (tertiary/aromatic N) is 8. The predicted molar refractivity (Wildman–Crippen MR) is 285 cm³/mol. The van der Waals surface area contributed by atoms with Crippen LogP contribution >= 0.6 is 0 Å². The summed E-state index contributed by atoms with van der Waals surface area (Å²) in [5.41, 5.74) is 1.77. The van der Waals surface area contributed by atoms with Crippen LogP contribution in [0, 0.1) is 36.9 Å². The molecule has 4 rings (SSSR count). The Bertz CT molecular complexity index is 2350. The number of aromatic nitrogens is 3. The molecule has 3 amide bonds. The number of anilines is 1. The normalized spacial score (nSPS) is 16.8. The molecule has 459 valence electrons. The third-order valence-corrected chi connectivity index (χ3v) is 13.6. The van der Waals surface area contributed by atoms with Crippen molar-refractivity contribution in [1.82, 2.24) is 50.5 Å². The number of hydrogen-bond donors (Lipinski definition) is 10. The van der Waals surface area contributed by atoms with Gasteiger partial charge >= 0.3 is 47.8 Å². The third kappa shape index (κ3) is 29.1. The summed E-state index contributed by atoms with van der Waals surface area (Å²) in [6.45, 7) is 2.60. The monoisotopic (exact) mass is 1300 g/mol. The van der Waals surface area contributed by atoms with Gasteiger partial charge in [-0.05, 0) is 56.1 Å². The van der Waals surface area contributed by atoms with Gasteiger partial charge in [-0.2, -0.15) is 9.97 Å². The van der Waals surface area contributed by atoms with Crippen LogP contribution in [0.3, 0.4) is 0 Å². The van der Waals surface area contributed by atoms with Crippen molar-refractivity contribution in [3.05, 3.63) is 47.0 Å². The van der Waals surface area contributed by atoms with Crippen molar-refractivity contribution in [2.24, 2.45) is 0 Å². The van der Waals surface area contributed by atoms with E-state index in [1.165, 1.54) is 0 Å². The number of amides is 3. The first-order chi connectivity index (χ1) is 38.2. The number of benzene rings is 1. The summed E-state index contributed by atoms with van der Waals surface area (Å²) in [6.07, 6.45) is 6.80. The van der Waals surface area contributed by atoms with E-state index in [9.17, 15) is 73.8 Å². The Labute approximate surface area is 499 Å². The molecule has 3 heterocycles. The van der Waals surface area contributed by atoms with Gasteiger partial charge in [0.1, 0.15) is 23.7 Å². The van der Waals surface area contributed by atoms with Crippen molar-refractivity contribution in [2.75, 3.05) is 110 Å². The zero-order valence-electron chi connectivity index (χ0n) is 45.5. The number of aliphatic carboxylic acids is 7. The summed E-state index contributed by atoms with van der Waals surface area (Å²) >= 11 is 0. The van der Waals surface area contributed by atoms with Crippen LogP contribution in [-0.4, -0.2) is 247 Å². The summed E-state index contributed by atoms with van der Waals surface area (Å²) in [5.74, 6) is -6.64. The fourth-order valence-corrected chi connectivity index (χ4v) is 9.36. The van der Waals surface area contributed by atoms with Crippen LogP contribution in [0.1, 0.15) is 99.8 Å². The average Bonchev–Trinajstić information content (AvgIpc) is 3.41. The largest absolute Gasteiger partial charge is 0.481 e. The minimum absolute atomic E-state index is 0. The summed E-state index contributed by atoms with van der Waals surface area (Å²) in [6, 6.07) is 3.39. The SMILES string of the molecule is O=C(O)CC[C@H](NC(=O)N[C@@H](CCCCNC(=O)CCCCCCCCc1nc(Cc2ccc(CC3CN(CC(=O)O)CCN(CC(=O)O)CCN(CC(=O)O)CCN3CC(=O)O)cc2)nc(N2CCOCC2)n1)C(=O)O)C(=O)O.[Lu]. The molecule has 2 aromatic rings. The molecule has 28 nitrogen and oxygen atoms in total. The maximum absolute atomic E-state index is 12.5. The Hall–Kier alpha value is -5.91. The molecule has 2 aliphatic rings. The summed E-state index contributed by atoms with van der Waals surface area (Å²) in [5, 5.41) is 73.7. The number of rotatable bonds is 34. The molecule has 0 bridgehead atoms. The molecule has 0 saturated carbocycles. The van der Waals surface area contributed by atoms with Crippen molar-refractivity contribution in [3.8, 4) is 0 Å². The molecule has 3 atom stereocenters. The molecular formula is C52H79LuN11O17. The van der Waals surface area contributed by atoms with Gasteiger partial charge in [0.2, 0.25) is 11.9 Å². The van der Waals surface area contributed by atoms with Gasteiger partial charge in [0.15, 0.2) is 0 Å². The molecule has 0 spiro atoms. The number of unbranched alkanes of at least 4 members (excludes halogenated alkanes) is 6. The van der Waals surface area contributed by atoms with Crippen LogP contribution in [-0.2, 0) is 62.4 Å². The van der Waals surface area contributed by atoms with Gasteiger partial charge in [-0.15, -0.1) is 0 Å². The Kier molecular flexibility index (Phi) is 32.5. The summed E-state index contributed by atoms with van der Waals surface area (Å²) in [4.78, 5) is 130. The van der Waals surface area contributed by atoms with Crippen LogP contribution in [0.2, 0.25) is 0 Å². The first-order valence-corrected chi connectivity index (χ1v) is 27.2. The summed E-state index contributed by atoms with van der Waals surface area (Å²) in [7, 11) is 0. The van der Waals surface area contributed by atoms with E-state index in [1.807, 2.05) is 24.3 Å². The standard InChI is InChI=1S/C52H79N11O17.Lu/c64-43(53-18-8-7-9-39(49(75)76)54-52(79)55-40(50(77)78)16-17-44(65)66)11-6-4-2-1-3-5-10-41-56-42(58-51(57-41)62-25-27-80-28-26-62)30-37-14-12-36(13-15-37)29-38-31-61(34-47(71)72)22-21-59(32-45(67)68)19-20-60(33-46(69)70)23-24-63(38)35-48(73)74;/h12-15,38-40H,1-11,16-35H2,(H,53,64)(H,65,66)(H,67,68)(H,69,70)(H,71,72)(H,73,74)(H,75,76)(H,77,78)(H2,54,55,79);/t38?,39-,40-;/m0./s1. The number of carbonyl (C=O) groups excluding carboxylic acids is 2. The number of aryl methyl sites for hydroxylation is 1. The first-order valence-electron chi connectivity index (χ1n) is 27.2. The topological polar surface area (TPSA) is 395 Å². The van der Waals surface area contributed by atoms with Crippen LogP contribution in [0.5, 0.6) is 0 Å². The Balaban J connectivity index is 0.0000172. The molecule has 2 aliphatic heterocycles. The number of carboxylic acids is 7. The van der Waals surface area contributed by atoms with Crippen LogP contribution in [0.4, 0.5) is 10.7 Å². The fourth-order valence-electron chi connectivity index (χ4n) is 9.36. The molecule has 10 N–H and O–H groups in total. The van der Waals surface area contributed by atoms with Gasteiger partial charge < -0.3 is 61.3 Å². The van der Waals surface area contributed by atoms with E-state index in [0.717, 1.165) is 43.2 Å². The van der Waals surface area contributed by atoms with Gasteiger partial charge in [-0.25, -0.2) is 19.4 Å². The minimum Gasteiger partial charge on any atom is -0.481 e. The minimum atomic E-state index is -1.50. The number of nitrogens with one attached hydrogen (secondary N) is 3. The Morgan fingerprint density at radius 1 is 0.543 bits per heavy atom. The van der Waals surface area contributed by atoms with E-state index in [1.54, 1.807) is 19.6 Å². The van der Waals surface area contributed by atoms with E-state index in [4.69, 9.17) is 24.8 Å². The van der Waals surface area contributed by atoms with Crippen LogP contribution < -0.4 is 20.9 Å². The Morgan fingerprint density at radius 2 is 1.06 bits per heavy atom. The molecule has 2 fully saturated rings. The van der Waals surface area contributed by atoms with Gasteiger partial charge in [0, 0.05) is 134 Å². The predicted octanol–water partition coefficient (Wildman–Crippen LogP) is 0.400. The number of carboxylic acid groups (broad SMARTS) is 7. The summed E-state index contributed by atoms with van der Waals surface area (Å²) < 4.78 is 5.57. The van der Waals surface area contributed by atoms with Crippen LogP contribution in [0.15, 0.2) is 24.3 Å². The van der Waals surface area contributed by atoms with Crippen molar-refractivity contribution >= 4 is 59.7 Å². The van der Waals surface area contributed by atoms with Gasteiger partial charge in [-0.3, -0.25) is 48.4 Å². The average molecular weight is 1310 g/mol. The number of ether oxygens (including phenoxy) is 1.